The molecular weight excluding hydrogens is 516 g/mol. The van der Waals surface area contributed by atoms with Crippen LogP contribution >= 0.6 is 11.6 Å². The van der Waals surface area contributed by atoms with Gasteiger partial charge in [-0.3, -0.25) is 4.79 Å². The van der Waals surface area contributed by atoms with Crippen LogP contribution in [-0.4, -0.2) is 38.9 Å². The van der Waals surface area contributed by atoms with Crippen molar-refractivity contribution in [1.29, 1.82) is 0 Å². The summed E-state index contributed by atoms with van der Waals surface area (Å²) in [5.41, 5.74) is 5.48. The first-order valence-corrected chi connectivity index (χ1v) is 14.0. The fourth-order valence-corrected chi connectivity index (χ4v) is 6.60. The zero-order chi connectivity index (χ0) is 27.3. The number of nitrogens with zero attached hydrogens (tertiary/aromatic N) is 4. The minimum atomic E-state index is -0.264. The summed E-state index contributed by atoms with van der Waals surface area (Å²) in [5.74, 6) is 2.28. The number of carbonyl (C=O) groups is 1. The van der Waals surface area contributed by atoms with Gasteiger partial charge in [0, 0.05) is 23.7 Å². The lowest BCUT2D eigenvalue weighted by Gasteiger charge is -2.37. The van der Waals surface area contributed by atoms with Crippen molar-refractivity contribution in [3.8, 4) is 16.9 Å². The zero-order valence-electron chi connectivity index (χ0n) is 22.5. The molecule has 204 valence electrons. The number of carbonyl (C=O) groups excluding carboxylic acids is 1. The molecule has 2 fully saturated rings. The van der Waals surface area contributed by atoms with Crippen molar-refractivity contribution >= 4 is 34.2 Å². The predicted molar refractivity (Wildman–Crippen MR) is 150 cm³/mol. The van der Waals surface area contributed by atoms with Gasteiger partial charge in [-0.25, -0.2) is 4.98 Å². The number of aryl methyl sites for hydroxylation is 2. The van der Waals surface area contributed by atoms with Crippen LogP contribution in [0.25, 0.3) is 22.2 Å². The smallest absolute Gasteiger partial charge is 0.227 e. The first-order chi connectivity index (χ1) is 18.9. The second-order valence-corrected chi connectivity index (χ2v) is 11.1. The fraction of sp³-hybridized carbons (Fsp3) is 0.433. The van der Waals surface area contributed by atoms with Gasteiger partial charge >= 0.3 is 0 Å². The van der Waals surface area contributed by atoms with E-state index in [0.717, 1.165) is 83.7 Å². The van der Waals surface area contributed by atoms with Crippen molar-refractivity contribution < 1.29 is 19.2 Å². The van der Waals surface area contributed by atoms with Crippen molar-refractivity contribution in [2.75, 3.05) is 12.0 Å². The van der Waals surface area contributed by atoms with Crippen molar-refractivity contribution in [3.05, 3.63) is 58.7 Å². The largest absolute Gasteiger partial charge is 0.495 e. The molecule has 2 aliphatic rings. The Balaban J connectivity index is 1.50. The Morgan fingerprint density at radius 3 is 2.56 bits per heavy atom. The second kappa shape index (κ2) is 10.3. The average molecular weight is 549 g/mol. The Morgan fingerprint density at radius 1 is 1.08 bits per heavy atom. The number of aliphatic hydroxyl groups is 1. The number of rotatable bonds is 5. The maximum Gasteiger partial charge on any atom is 0.227 e. The quantitative estimate of drug-likeness (QED) is 0.298. The molecular formula is C30H33ClN4O4. The Kier molecular flexibility index (Phi) is 6.85. The van der Waals surface area contributed by atoms with Gasteiger partial charge in [0.2, 0.25) is 5.91 Å². The van der Waals surface area contributed by atoms with Gasteiger partial charge in [0.1, 0.15) is 17.3 Å². The standard InChI is InChI=1S/C30H33ClN4O4/c1-17-29(18(2)39-33-17)19-7-13-25-24(15-19)32-30(35(25)20-8-11-22(36)12-9-20)26-5-4-6-28(37)34(26)21-10-14-27(38-3)23(31)16-21/h7,10,13-16,20,22,26,36H,4-6,8-9,11-12H2,1-3H3/t20-,22-,26-/m0/s1. The van der Waals surface area contributed by atoms with Gasteiger partial charge in [-0.1, -0.05) is 22.8 Å². The summed E-state index contributed by atoms with van der Waals surface area (Å²) < 4.78 is 13.1. The summed E-state index contributed by atoms with van der Waals surface area (Å²) in [4.78, 5) is 20.5. The normalized spacial score (nSPS) is 22.0. The van der Waals surface area contributed by atoms with Crippen LogP contribution in [0.3, 0.4) is 0 Å². The number of benzene rings is 2. The number of fused-ring (bicyclic) bond motifs is 1. The molecule has 8 nitrogen and oxygen atoms in total. The molecule has 0 radical (unpaired) electrons. The third-order valence-corrected chi connectivity index (χ3v) is 8.53. The Morgan fingerprint density at radius 2 is 1.87 bits per heavy atom. The molecule has 3 heterocycles. The lowest BCUT2D eigenvalue weighted by atomic mass is 9.92. The van der Waals surface area contributed by atoms with E-state index in [1.54, 1.807) is 19.2 Å². The highest BCUT2D eigenvalue weighted by atomic mass is 35.5. The van der Waals surface area contributed by atoms with Crippen LogP contribution in [-0.2, 0) is 4.79 Å². The van der Waals surface area contributed by atoms with E-state index in [1.165, 1.54) is 0 Å². The SMILES string of the molecule is COc1ccc(N2C(=O)CCC[C@H]2c2nc3cc(-c4c(C)noc4C)ccc3n2[C@H]2CC[C@H](O)CC2)cc1Cl. The molecule has 1 aliphatic carbocycles. The Bertz CT molecular complexity index is 1520. The van der Waals surface area contributed by atoms with Crippen molar-refractivity contribution in [2.45, 2.75) is 77.0 Å². The molecule has 1 N–H and O–H groups in total. The number of halogens is 1. The van der Waals surface area contributed by atoms with Crippen LogP contribution in [0.4, 0.5) is 5.69 Å². The van der Waals surface area contributed by atoms with Crippen LogP contribution in [0.15, 0.2) is 40.9 Å². The van der Waals surface area contributed by atoms with Crippen LogP contribution in [0.1, 0.15) is 74.3 Å². The molecule has 0 bridgehead atoms. The molecule has 4 aromatic rings. The third kappa shape index (κ3) is 4.59. The number of ether oxygens (including phenoxy) is 1. The first-order valence-electron chi connectivity index (χ1n) is 13.6. The number of piperidine rings is 1. The number of imidazole rings is 1. The summed E-state index contributed by atoms with van der Waals surface area (Å²) >= 11 is 6.49. The molecule has 1 atom stereocenters. The van der Waals surface area contributed by atoms with Crippen molar-refractivity contribution in [2.24, 2.45) is 0 Å². The highest BCUT2D eigenvalue weighted by Crippen LogP contribution is 2.42. The Hall–Kier alpha value is -3.36. The first kappa shape index (κ1) is 25.9. The van der Waals surface area contributed by atoms with E-state index >= 15 is 0 Å². The maximum absolute atomic E-state index is 13.4. The van der Waals surface area contributed by atoms with E-state index in [4.69, 9.17) is 25.8 Å². The van der Waals surface area contributed by atoms with E-state index < -0.39 is 0 Å². The fourth-order valence-electron chi connectivity index (χ4n) is 6.35. The molecule has 1 amide bonds. The van der Waals surface area contributed by atoms with E-state index in [-0.39, 0.29) is 24.1 Å². The van der Waals surface area contributed by atoms with Gasteiger partial charge in [-0.05, 0) is 88.3 Å². The Labute approximate surface area is 232 Å². The van der Waals surface area contributed by atoms with Gasteiger partial charge in [0.15, 0.2) is 0 Å². The molecule has 0 unspecified atom stereocenters. The van der Waals surface area contributed by atoms with Gasteiger partial charge in [-0.15, -0.1) is 0 Å². The van der Waals surface area contributed by atoms with E-state index in [0.29, 0.717) is 17.2 Å². The average Bonchev–Trinajstić information content (AvgIpc) is 3.47. The number of aromatic nitrogens is 3. The van der Waals surface area contributed by atoms with Crippen LogP contribution < -0.4 is 9.64 Å². The minimum Gasteiger partial charge on any atom is -0.495 e. The molecule has 1 aliphatic heterocycles. The van der Waals surface area contributed by atoms with E-state index in [1.807, 2.05) is 24.8 Å². The second-order valence-electron chi connectivity index (χ2n) is 10.7. The highest BCUT2D eigenvalue weighted by molar-refractivity contribution is 6.32. The summed E-state index contributed by atoms with van der Waals surface area (Å²) in [7, 11) is 1.58. The number of hydrogen-bond donors (Lipinski definition) is 1. The van der Waals surface area contributed by atoms with Crippen LogP contribution in [0.2, 0.25) is 5.02 Å². The van der Waals surface area contributed by atoms with E-state index in [9.17, 15) is 9.90 Å². The summed E-state index contributed by atoms with van der Waals surface area (Å²) in [6.07, 6.45) is 5.03. The lowest BCUT2D eigenvalue weighted by molar-refractivity contribution is -0.120. The summed E-state index contributed by atoms with van der Waals surface area (Å²) in [6.45, 7) is 3.86. The monoisotopic (exact) mass is 548 g/mol. The maximum atomic E-state index is 13.4. The van der Waals surface area contributed by atoms with Gasteiger partial charge in [0.25, 0.3) is 0 Å². The molecule has 2 aromatic carbocycles. The molecule has 0 spiro atoms. The van der Waals surface area contributed by atoms with Crippen molar-refractivity contribution in [1.82, 2.24) is 14.7 Å². The topological polar surface area (TPSA) is 93.6 Å². The van der Waals surface area contributed by atoms with Crippen LogP contribution in [0, 0.1) is 13.8 Å². The van der Waals surface area contributed by atoms with Crippen LogP contribution in [0.5, 0.6) is 5.75 Å². The number of hydrogen-bond acceptors (Lipinski definition) is 6. The van der Waals surface area contributed by atoms with Gasteiger partial charge in [-0.2, -0.15) is 0 Å². The number of anilines is 1. The molecule has 9 heteroatoms. The molecule has 1 saturated heterocycles. The van der Waals surface area contributed by atoms with E-state index in [2.05, 4.69) is 27.9 Å². The molecule has 6 rings (SSSR count). The molecule has 2 aromatic heterocycles. The third-order valence-electron chi connectivity index (χ3n) is 8.23. The summed E-state index contributed by atoms with van der Waals surface area (Å²) in [6, 6.07) is 11.8. The zero-order valence-corrected chi connectivity index (χ0v) is 23.2. The lowest BCUT2D eigenvalue weighted by Crippen LogP contribution is -2.40. The summed E-state index contributed by atoms with van der Waals surface area (Å²) in [5, 5.41) is 14.8. The number of methoxy groups -OCH3 is 1. The molecule has 39 heavy (non-hydrogen) atoms. The van der Waals surface area contributed by atoms with Gasteiger partial charge in [0.05, 0.1) is 41.0 Å². The predicted octanol–water partition coefficient (Wildman–Crippen LogP) is 6.70. The highest BCUT2D eigenvalue weighted by Gasteiger charge is 2.36. The van der Waals surface area contributed by atoms with Crippen molar-refractivity contribution in [3.63, 3.8) is 0 Å². The number of amides is 1. The van der Waals surface area contributed by atoms with Gasteiger partial charge < -0.3 is 23.8 Å². The minimum absolute atomic E-state index is 0.0570. The number of aliphatic hydroxyl groups excluding tert-OH is 1. The molecule has 1 saturated carbocycles.